The molecule has 0 fully saturated rings. The Hall–Kier alpha value is -2.11. The molecule has 0 saturated heterocycles. The second kappa shape index (κ2) is 6.56. The molecule has 0 aliphatic heterocycles. The van der Waals surface area contributed by atoms with E-state index in [1.807, 2.05) is 42.5 Å². The summed E-state index contributed by atoms with van der Waals surface area (Å²) in [5, 5.41) is 1.18. The zero-order valence-corrected chi connectivity index (χ0v) is 12.5. The molecule has 2 rings (SSSR count). The number of anilines is 1. The van der Waals surface area contributed by atoms with E-state index in [1.54, 1.807) is 25.1 Å². The van der Waals surface area contributed by atoms with Gasteiger partial charge in [0.2, 0.25) is 10.0 Å². The van der Waals surface area contributed by atoms with Crippen molar-refractivity contribution in [2.75, 3.05) is 5.73 Å². The van der Waals surface area contributed by atoms with Crippen LogP contribution >= 0.6 is 0 Å². The summed E-state index contributed by atoms with van der Waals surface area (Å²) in [6.45, 7) is 1.79. The fourth-order valence-electron chi connectivity index (χ4n) is 1.87. The van der Waals surface area contributed by atoms with E-state index in [9.17, 15) is 8.42 Å². The third kappa shape index (κ3) is 4.73. The lowest BCUT2D eigenvalue weighted by Crippen LogP contribution is -2.24. The van der Waals surface area contributed by atoms with Crippen LogP contribution in [-0.2, 0) is 10.0 Å². The van der Waals surface area contributed by atoms with Crippen molar-refractivity contribution in [1.29, 1.82) is 0 Å². The Morgan fingerprint density at radius 2 is 1.67 bits per heavy atom. The van der Waals surface area contributed by atoms with Gasteiger partial charge < -0.3 is 5.73 Å². The molecule has 2 aromatic rings. The standard InChI is InChI=1S/C16H18N2O2S/c1-13(15-7-9-16(17)10-8-15)18-21(19,20)12-11-14-5-3-2-4-6-14/h2-13,18H,17H2,1H3/b12-11+. The lowest BCUT2D eigenvalue weighted by atomic mass is 10.1. The van der Waals surface area contributed by atoms with E-state index in [0.717, 1.165) is 11.1 Å². The van der Waals surface area contributed by atoms with Crippen LogP contribution in [0.15, 0.2) is 60.0 Å². The normalized spacial score (nSPS) is 13.4. The average molecular weight is 302 g/mol. The van der Waals surface area contributed by atoms with Gasteiger partial charge in [-0.2, -0.15) is 0 Å². The van der Waals surface area contributed by atoms with E-state index >= 15 is 0 Å². The molecule has 0 saturated carbocycles. The zero-order chi connectivity index (χ0) is 15.3. The van der Waals surface area contributed by atoms with Gasteiger partial charge in [0.15, 0.2) is 0 Å². The van der Waals surface area contributed by atoms with Crippen LogP contribution in [0.4, 0.5) is 5.69 Å². The first-order chi connectivity index (χ1) is 9.96. The molecule has 0 aromatic heterocycles. The molecule has 0 spiro atoms. The molecule has 1 unspecified atom stereocenters. The molecule has 1 atom stereocenters. The number of nitrogens with two attached hydrogens (primary N) is 1. The maximum atomic E-state index is 12.0. The first-order valence-corrected chi connectivity index (χ1v) is 8.12. The number of nitrogen functional groups attached to an aromatic ring is 1. The molecular weight excluding hydrogens is 284 g/mol. The number of hydrogen-bond acceptors (Lipinski definition) is 3. The Kier molecular flexibility index (Phi) is 4.77. The molecule has 0 aliphatic rings. The third-order valence-electron chi connectivity index (χ3n) is 3.02. The van der Waals surface area contributed by atoms with E-state index in [-0.39, 0.29) is 6.04 Å². The van der Waals surface area contributed by atoms with E-state index in [1.165, 1.54) is 5.41 Å². The van der Waals surface area contributed by atoms with Crippen molar-refractivity contribution in [1.82, 2.24) is 4.72 Å². The third-order valence-corrected chi connectivity index (χ3v) is 4.19. The van der Waals surface area contributed by atoms with Crippen LogP contribution in [0.5, 0.6) is 0 Å². The molecule has 5 heteroatoms. The largest absolute Gasteiger partial charge is 0.399 e. The predicted molar refractivity (Wildman–Crippen MR) is 86.8 cm³/mol. The van der Waals surface area contributed by atoms with Crippen LogP contribution in [0.2, 0.25) is 0 Å². The molecule has 0 amide bonds. The highest BCUT2D eigenvalue weighted by Gasteiger charge is 2.12. The molecule has 2 aromatic carbocycles. The van der Waals surface area contributed by atoms with E-state index in [0.29, 0.717) is 5.69 Å². The maximum Gasteiger partial charge on any atom is 0.234 e. The summed E-state index contributed by atoms with van der Waals surface area (Å²) in [6, 6.07) is 16.1. The van der Waals surface area contributed by atoms with Gasteiger partial charge in [-0.05, 0) is 36.3 Å². The topological polar surface area (TPSA) is 72.2 Å². The van der Waals surface area contributed by atoms with Gasteiger partial charge in [-0.1, -0.05) is 42.5 Å². The number of benzene rings is 2. The van der Waals surface area contributed by atoms with E-state index < -0.39 is 10.0 Å². The minimum Gasteiger partial charge on any atom is -0.399 e. The highest BCUT2D eigenvalue weighted by molar-refractivity contribution is 7.92. The lowest BCUT2D eigenvalue weighted by Gasteiger charge is -2.13. The van der Waals surface area contributed by atoms with Gasteiger partial charge in [-0.25, -0.2) is 13.1 Å². The second-order valence-electron chi connectivity index (χ2n) is 4.76. The second-order valence-corrected chi connectivity index (χ2v) is 6.36. The highest BCUT2D eigenvalue weighted by Crippen LogP contribution is 2.15. The first-order valence-electron chi connectivity index (χ1n) is 6.57. The molecule has 110 valence electrons. The average Bonchev–Trinajstić information content (AvgIpc) is 2.46. The summed E-state index contributed by atoms with van der Waals surface area (Å²) in [4.78, 5) is 0. The molecule has 0 bridgehead atoms. The molecule has 0 aliphatic carbocycles. The highest BCUT2D eigenvalue weighted by atomic mass is 32.2. The summed E-state index contributed by atoms with van der Waals surface area (Å²) in [5.74, 6) is 0. The minimum atomic E-state index is -3.50. The van der Waals surface area contributed by atoms with Crippen molar-refractivity contribution < 1.29 is 8.42 Å². The Labute approximate surface area is 125 Å². The molecule has 0 radical (unpaired) electrons. The lowest BCUT2D eigenvalue weighted by molar-refractivity contribution is 0.576. The fraction of sp³-hybridized carbons (Fsp3) is 0.125. The SMILES string of the molecule is CC(NS(=O)(=O)/C=C/c1ccccc1)c1ccc(N)cc1. The zero-order valence-electron chi connectivity index (χ0n) is 11.7. The van der Waals surface area contributed by atoms with Crippen molar-refractivity contribution in [2.24, 2.45) is 0 Å². The van der Waals surface area contributed by atoms with Crippen LogP contribution in [0.25, 0.3) is 6.08 Å². The van der Waals surface area contributed by atoms with Gasteiger partial charge in [0, 0.05) is 17.1 Å². The predicted octanol–water partition coefficient (Wildman–Crippen LogP) is 2.92. The quantitative estimate of drug-likeness (QED) is 0.834. The molecule has 3 N–H and O–H groups in total. The number of sulfonamides is 1. The van der Waals surface area contributed by atoms with Crippen molar-refractivity contribution in [2.45, 2.75) is 13.0 Å². The smallest absolute Gasteiger partial charge is 0.234 e. The Morgan fingerprint density at radius 3 is 2.29 bits per heavy atom. The minimum absolute atomic E-state index is 0.323. The summed E-state index contributed by atoms with van der Waals surface area (Å²) in [6.07, 6.45) is 1.57. The number of hydrogen-bond donors (Lipinski definition) is 2. The Balaban J connectivity index is 2.07. The maximum absolute atomic E-state index is 12.0. The first kappa shape index (κ1) is 15.3. The van der Waals surface area contributed by atoms with Gasteiger partial charge in [0.05, 0.1) is 0 Å². The Morgan fingerprint density at radius 1 is 1.05 bits per heavy atom. The van der Waals surface area contributed by atoms with Crippen LogP contribution in [0.1, 0.15) is 24.1 Å². The van der Waals surface area contributed by atoms with Gasteiger partial charge in [-0.15, -0.1) is 0 Å². The summed E-state index contributed by atoms with van der Waals surface area (Å²) in [7, 11) is -3.50. The summed E-state index contributed by atoms with van der Waals surface area (Å²) >= 11 is 0. The van der Waals surface area contributed by atoms with Crippen molar-refractivity contribution in [3.8, 4) is 0 Å². The van der Waals surface area contributed by atoms with E-state index in [4.69, 9.17) is 5.73 Å². The van der Waals surface area contributed by atoms with Crippen LogP contribution in [0.3, 0.4) is 0 Å². The summed E-state index contributed by atoms with van der Waals surface area (Å²) in [5.41, 5.74) is 7.97. The van der Waals surface area contributed by atoms with E-state index in [2.05, 4.69) is 4.72 Å². The molecule has 4 nitrogen and oxygen atoms in total. The van der Waals surface area contributed by atoms with Crippen LogP contribution < -0.4 is 10.5 Å². The van der Waals surface area contributed by atoms with Gasteiger partial charge in [0.1, 0.15) is 0 Å². The molecule has 21 heavy (non-hydrogen) atoms. The molecular formula is C16H18N2O2S. The van der Waals surface area contributed by atoms with Gasteiger partial charge >= 0.3 is 0 Å². The van der Waals surface area contributed by atoms with Crippen molar-refractivity contribution in [3.63, 3.8) is 0 Å². The molecule has 0 heterocycles. The fourth-order valence-corrected chi connectivity index (χ4v) is 2.91. The summed E-state index contributed by atoms with van der Waals surface area (Å²) < 4.78 is 26.7. The Bertz CT molecular complexity index is 708. The van der Waals surface area contributed by atoms with Crippen molar-refractivity contribution >= 4 is 21.8 Å². The van der Waals surface area contributed by atoms with Crippen LogP contribution in [0, 0.1) is 0 Å². The monoisotopic (exact) mass is 302 g/mol. The van der Waals surface area contributed by atoms with Crippen LogP contribution in [-0.4, -0.2) is 8.42 Å². The van der Waals surface area contributed by atoms with Gasteiger partial charge in [-0.3, -0.25) is 0 Å². The van der Waals surface area contributed by atoms with Gasteiger partial charge in [0.25, 0.3) is 0 Å². The number of nitrogens with one attached hydrogen (secondary N) is 1. The van der Waals surface area contributed by atoms with Crippen molar-refractivity contribution in [3.05, 3.63) is 71.1 Å². The number of rotatable bonds is 5.